The largest absolute Gasteiger partial charge is 0.357 e. The number of anilines is 1. The molecule has 0 amide bonds. The van der Waals surface area contributed by atoms with Crippen molar-refractivity contribution in [2.75, 3.05) is 18.0 Å². The van der Waals surface area contributed by atoms with Gasteiger partial charge in [-0.2, -0.15) is 5.10 Å². The minimum atomic E-state index is 0.578. The molecule has 6 heteroatoms. The van der Waals surface area contributed by atoms with E-state index in [9.17, 15) is 0 Å². The molecular weight excluding hydrogens is 388 g/mol. The number of pyridine rings is 1. The van der Waals surface area contributed by atoms with Gasteiger partial charge in [0, 0.05) is 47.8 Å². The zero-order chi connectivity index (χ0) is 16.7. The molecule has 0 bridgehead atoms. The van der Waals surface area contributed by atoms with Gasteiger partial charge in [-0.25, -0.2) is 4.98 Å². The van der Waals surface area contributed by atoms with Crippen LogP contribution in [0, 0.1) is 0 Å². The summed E-state index contributed by atoms with van der Waals surface area (Å²) in [4.78, 5) is 7.15. The first kappa shape index (κ1) is 15.9. The highest BCUT2D eigenvalue weighted by Crippen LogP contribution is 2.32. The highest BCUT2D eigenvalue weighted by Gasteiger charge is 2.23. The molecule has 4 rings (SSSR count). The summed E-state index contributed by atoms with van der Waals surface area (Å²) in [6, 6.07) is 10.3. The van der Waals surface area contributed by atoms with Gasteiger partial charge in [0.25, 0.3) is 0 Å². The van der Waals surface area contributed by atoms with E-state index in [0.29, 0.717) is 10.9 Å². The van der Waals surface area contributed by atoms with E-state index in [4.69, 9.17) is 16.6 Å². The molecule has 0 spiro atoms. The van der Waals surface area contributed by atoms with Crippen LogP contribution in [0.3, 0.4) is 0 Å². The van der Waals surface area contributed by atoms with Gasteiger partial charge in [-0.1, -0.05) is 27.5 Å². The fraction of sp³-hybridized carbons (Fsp3) is 0.333. The first-order valence-electron chi connectivity index (χ1n) is 8.10. The van der Waals surface area contributed by atoms with Crippen LogP contribution in [0.1, 0.15) is 24.5 Å². The second-order valence-corrected chi connectivity index (χ2v) is 7.59. The monoisotopic (exact) mass is 404 g/mol. The number of hydrogen-bond donors (Lipinski definition) is 0. The summed E-state index contributed by atoms with van der Waals surface area (Å²) in [5.74, 6) is 1.59. The lowest BCUT2D eigenvalue weighted by Crippen LogP contribution is -2.34. The number of aromatic nitrogens is 3. The highest BCUT2D eigenvalue weighted by atomic mass is 79.9. The SMILES string of the molecule is Cn1nccc1C1CCN(c2ccc3cc(Br)cc(Cl)c3n2)CC1. The van der Waals surface area contributed by atoms with Crippen molar-refractivity contribution < 1.29 is 0 Å². The van der Waals surface area contributed by atoms with Crippen LogP contribution in [0.5, 0.6) is 0 Å². The minimum absolute atomic E-state index is 0.578. The Morgan fingerprint density at radius 1 is 1.17 bits per heavy atom. The van der Waals surface area contributed by atoms with Gasteiger partial charge in [0.15, 0.2) is 0 Å². The summed E-state index contributed by atoms with van der Waals surface area (Å²) in [6.45, 7) is 2.00. The van der Waals surface area contributed by atoms with Gasteiger partial charge in [0.05, 0.1) is 10.5 Å². The molecule has 24 heavy (non-hydrogen) atoms. The summed E-state index contributed by atoms with van der Waals surface area (Å²) in [7, 11) is 2.02. The lowest BCUT2D eigenvalue weighted by atomic mass is 9.93. The van der Waals surface area contributed by atoms with Crippen molar-refractivity contribution >= 4 is 44.3 Å². The Kier molecular flexibility index (Phi) is 4.22. The number of aryl methyl sites for hydroxylation is 1. The summed E-state index contributed by atoms with van der Waals surface area (Å²) >= 11 is 9.84. The summed E-state index contributed by atoms with van der Waals surface area (Å²) < 4.78 is 2.97. The second-order valence-electron chi connectivity index (χ2n) is 6.27. The number of halogens is 2. The van der Waals surface area contributed by atoms with Crippen LogP contribution in [0.25, 0.3) is 10.9 Å². The summed E-state index contributed by atoms with van der Waals surface area (Å²) in [6.07, 6.45) is 4.12. The van der Waals surface area contributed by atoms with Crippen molar-refractivity contribution in [3.63, 3.8) is 0 Å². The van der Waals surface area contributed by atoms with E-state index in [-0.39, 0.29) is 0 Å². The molecule has 1 fully saturated rings. The van der Waals surface area contributed by atoms with Crippen molar-refractivity contribution in [3.05, 3.63) is 51.7 Å². The molecule has 0 saturated carbocycles. The van der Waals surface area contributed by atoms with Crippen molar-refractivity contribution in [2.24, 2.45) is 7.05 Å². The quantitative estimate of drug-likeness (QED) is 0.616. The third kappa shape index (κ3) is 2.91. The zero-order valence-electron chi connectivity index (χ0n) is 13.4. The number of fused-ring (bicyclic) bond motifs is 1. The number of nitrogens with zero attached hydrogens (tertiary/aromatic N) is 4. The Hall–Kier alpha value is -1.59. The van der Waals surface area contributed by atoms with E-state index >= 15 is 0 Å². The van der Waals surface area contributed by atoms with E-state index in [2.05, 4.69) is 44.1 Å². The van der Waals surface area contributed by atoms with Crippen molar-refractivity contribution in [1.82, 2.24) is 14.8 Å². The smallest absolute Gasteiger partial charge is 0.129 e. The van der Waals surface area contributed by atoms with Crippen LogP contribution < -0.4 is 4.90 Å². The summed E-state index contributed by atoms with van der Waals surface area (Å²) in [5, 5.41) is 6.04. The normalized spacial score (nSPS) is 16.0. The van der Waals surface area contributed by atoms with E-state index in [1.165, 1.54) is 5.69 Å². The van der Waals surface area contributed by atoms with Gasteiger partial charge >= 0.3 is 0 Å². The lowest BCUT2D eigenvalue weighted by Gasteiger charge is -2.33. The molecule has 0 unspecified atom stereocenters. The number of benzene rings is 1. The Labute approximate surface area is 154 Å². The molecule has 1 aromatic carbocycles. The van der Waals surface area contributed by atoms with Gasteiger partial charge in [-0.15, -0.1) is 0 Å². The van der Waals surface area contributed by atoms with E-state index < -0.39 is 0 Å². The molecule has 0 N–H and O–H groups in total. The second kappa shape index (κ2) is 6.37. The van der Waals surface area contributed by atoms with Crippen LogP contribution in [-0.2, 0) is 7.05 Å². The van der Waals surface area contributed by atoms with Gasteiger partial charge in [-0.3, -0.25) is 4.68 Å². The molecular formula is C18H18BrClN4. The molecule has 1 saturated heterocycles. The van der Waals surface area contributed by atoms with E-state index in [0.717, 1.165) is 47.1 Å². The minimum Gasteiger partial charge on any atom is -0.357 e. The highest BCUT2D eigenvalue weighted by molar-refractivity contribution is 9.10. The molecule has 0 radical (unpaired) electrons. The Morgan fingerprint density at radius 3 is 2.67 bits per heavy atom. The first-order chi connectivity index (χ1) is 11.6. The molecule has 0 aliphatic carbocycles. The van der Waals surface area contributed by atoms with E-state index in [1.807, 2.05) is 30.1 Å². The maximum absolute atomic E-state index is 6.36. The Morgan fingerprint density at radius 2 is 1.96 bits per heavy atom. The lowest BCUT2D eigenvalue weighted by molar-refractivity contribution is 0.475. The number of piperidine rings is 1. The van der Waals surface area contributed by atoms with Gasteiger partial charge in [0.2, 0.25) is 0 Å². The van der Waals surface area contributed by atoms with Crippen molar-refractivity contribution in [2.45, 2.75) is 18.8 Å². The summed E-state index contributed by atoms with van der Waals surface area (Å²) in [5.41, 5.74) is 2.19. The van der Waals surface area contributed by atoms with Gasteiger partial charge in [0.1, 0.15) is 5.82 Å². The van der Waals surface area contributed by atoms with Gasteiger partial charge in [-0.05, 0) is 43.2 Å². The predicted octanol–water partition coefficient (Wildman–Crippen LogP) is 4.77. The molecule has 3 aromatic rings. The van der Waals surface area contributed by atoms with Crippen molar-refractivity contribution in [3.8, 4) is 0 Å². The average molecular weight is 406 g/mol. The fourth-order valence-electron chi connectivity index (χ4n) is 3.51. The molecule has 3 heterocycles. The van der Waals surface area contributed by atoms with Crippen LogP contribution in [0.15, 0.2) is 41.0 Å². The average Bonchev–Trinajstić information content (AvgIpc) is 3.01. The standard InChI is InChI=1S/C18H18BrClN4/c1-23-16(4-7-21-23)12-5-8-24(9-6-12)17-3-2-13-10-14(19)11-15(20)18(13)22-17/h2-4,7,10-12H,5-6,8-9H2,1H3. The topological polar surface area (TPSA) is 34.0 Å². The molecule has 124 valence electrons. The predicted molar refractivity (Wildman–Crippen MR) is 102 cm³/mol. The zero-order valence-corrected chi connectivity index (χ0v) is 15.8. The van der Waals surface area contributed by atoms with Crippen LogP contribution in [0.2, 0.25) is 5.02 Å². The molecule has 4 nitrogen and oxygen atoms in total. The van der Waals surface area contributed by atoms with E-state index in [1.54, 1.807) is 0 Å². The molecule has 1 aliphatic heterocycles. The van der Waals surface area contributed by atoms with Crippen LogP contribution >= 0.6 is 27.5 Å². The van der Waals surface area contributed by atoms with Crippen LogP contribution in [-0.4, -0.2) is 27.9 Å². The van der Waals surface area contributed by atoms with Crippen LogP contribution in [0.4, 0.5) is 5.82 Å². The maximum atomic E-state index is 6.36. The Balaban J connectivity index is 1.55. The third-order valence-corrected chi connectivity index (χ3v) is 5.54. The first-order valence-corrected chi connectivity index (χ1v) is 9.27. The third-order valence-electron chi connectivity index (χ3n) is 4.79. The van der Waals surface area contributed by atoms with Crippen molar-refractivity contribution in [1.29, 1.82) is 0 Å². The fourth-order valence-corrected chi connectivity index (χ4v) is 4.39. The molecule has 1 aliphatic rings. The number of rotatable bonds is 2. The molecule has 0 atom stereocenters. The Bertz CT molecular complexity index is 884. The maximum Gasteiger partial charge on any atom is 0.129 e. The number of hydrogen-bond acceptors (Lipinski definition) is 3. The van der Waals surface area contributed by atoms with Gasteiger partial charge < -0.3 is 4.90 Å². The molecule has 2 aromatic heterocycles.